The van der Waals surface area contributed by atoms with E-state index in [-0.39, 0.29) is 17.6 Å². The second-order valence-electron chi connectivity index (χ2n) is 12.3. The van der Waals surface area contributed by atoms with Crippen LogP contribution in [0, 0.1) is 5.41 Å². The number of pyridine rings is 1. The van der Waals surface area contributed by atoms with Crippen molar-refractivity contribution in [2.75, 3.05) is 6.61 Å². The Hall–Kier alpha value is -3.52. The fourth-order valence-corrected chi connectivity index (χ4v) is 6.02. The predicted octanol–water partition coefficient (Wildman–Crippen LogP) is 7.60. The number of hydrogen-bond donors (Lipinski definition) is 0. The van der Waals surface area contributed by atoms with E-state index in [2.05, 4.69) is 49.5 Å². The lowest BCUT2D eigenvalue weighted by atomic mass is 9.93. The topological polar surface area (TPSA) is 82.5 Å². The summed E-state index contributed by atoms with van der Waals surface area (Å²) in [7, 11) is 0. The zero-order valence-electron chi connectivity index (χ0n) is 23.7. The summed E-state index contributed by atoms with van der Waals surface area (Å²) in [6, 6.07) is 14.0. The number of carbonyl (C=O) groups is 1. The summed E-state index contributed by atoms with van der Waals surface area (Å²) >= 11 is 1.57. The van der Waals surface area contributed by atoms with Crippen LogP contribution in [0.3, 0.4) is 0 Å². The van der Waals surface area contributed by atoms with Gasteiger partial charge in [0.15, 0.2) is 4.96 Å². The lowest BCUT2D eigenvalue weighted by Crippen LogP contribution is -2.13. The molecule has 0 atom stereocenters. The Morgan fingerprint density at radius 2 is 1.90 bits per heavy atom. The Bertz CT molecular complexity index is 1650. The summed E-state index contributed by atoms with van der Waals surface area (Å²) in [5.74, 6) is 1.60. The minimum absolute atomic E-state index is 0.111. The van der Waals surface area contributed by atoms with Crippen LogP contribution in [0.1, 0.15) is 76.8 Å². The minimum atomic E-state index is -0.126. The van der Waals surface area contributed by atoms with E-state index in [4.69, 9.17) is 19.2 Å². The van der Waals surface area contributed by atoms with Gasteiger partial charge in [-0.15, -0.1) is 0 Å². The summed E-state index contributed by atoms with van der Waals surface area (Å²) in [6.45, 7) is 9.20. The summed E-state index contributed by atoms with van der Waals surface area (Å²) in [5, 5.41) is 4.07. The van der Waals surface area contributed by atoms with Crippen LogP contribution in [-0.2, 0) is 23.1 Å². The molecular weight excluding hydrogens is 520 g/mol. The second kappa shape index (κ2) is 10.5. The number of nitrogens with zero attached hydrogens (tertiary/aromatic N) is 4. The number of imidazole rings is 1. The maximum absolute atomic E-state index is 12.7. The van der Waals surface area contributed by atoms with Crippen LogP contribution in [0.25, 0.3) is 26.6 Å². The molecule has 1 aliphatic rings. The molecule has 4 aromatic heterocycles. The van der Waals surface area contributed by atoms with Crippen LogP contribution in [0.4, 0.5) is 0 Å². The molecule has 1 saturated carbocycles. The first-order valence-electron chi connectivity index (χ1n) is 14.2. The molecule has 7 nitrogen and oxygen atoms in total. The van der Waals surface area contributed by atoms with E-state index in [9.17, 15) is 4.79 Å². The molecule has 5 aromatic rings. The van der Waals surface area contributed by atoms with Crippen LogP contribution in [-0.4, -0.2) is 31.9 Å². The fraction of sp³-hybridized carbons (Fsp3) is 0.438. The van der Waals surface area contributed by atoms with Crippen LogP contribution in [0.2, 0.25) is 0 Å². The number of ether oxygens (including phenoxy) is 1. The second-order valence-corrected chi connectivity index (χ2v) is 13.2. The Morgan fingerprint density at radius 3 is 2.60 bits per heavy atom. The molecule has 0 radical (unpaired) electrons. The van der Waals surface area contributed by atoms with Crippen molar-refractivity contribution in [2.24, 2.45) is 5.41 Å². The normalized spacial score (nSPS) is 14.7. The van der Waals surface area contributed by atoms with Gasteiger partial charge in [0.2, 0.25) is 5.88 Å². The van der Waals surface area contributed by atoms with E-state index in [0.29, 0.717) is 23.4 Å². The third-order valence-corrected chi connectivity index (χ3v) is 8.77. The van der Waals surface area contributed by atoms with Gasteiger partial charge in [0.1, 0.15) is 16.4 Å². The molecule has 0 amide bonds. The van der Waals surface area contributed by atoms with Crippen molar-refractivity contribution in [3.63, 3.8) is 0 Å². The number of unbranched alkanes of at least 4 members (excludes halogenated alkanes) is 1. The molecule has 1 fully saturated rings. The van der Waals surface area contributed by atoms with Gasteiger partial charge in [-0.2, -0.15) is 0 Å². The number of hydrogen-bond acceptors (Lipinski definition) is 7. The molecule has 208 valence electrons. The van der Waals surface area contributed by atoms with Crippen molar-refractivity contribution < 1.29 is 14.1 Å². The summed E-state index contributed by atoms with van der Waals surface area (Å²) in [6.07, 6.45) is 8.97. The van der Waals surface area contributed by atoms with Crippen LogP contribution in [0.15, 0.2) is 53.2 Å². The first-order valence-corrected chi connectivity index (χ1v) is 15.0. The molecule has 6 rings (SSSR count). The summed E-state index contributed by atoms with van der Waals surface area (Å²) in [5.41, 5.74) is 4.85. The number of ketones is 1. The van der Waals surface area contributed by atoms with Gasteiger partial charge in [0.05, 0.1) is 29.9 Å². The third kappa shape index (κ3) is 5.68. The average molecular weight is 557 g/mol. The van der Waals surface area contributed by atoms with E-state index in [0.717, 1.165) is 44.5 Å². The number of carbonyl (C=O) groups excluding carboxylic acids is 1. The van der Waals surface area contributed by atoms with Crippen LogP contribution >= 0.6 is 11.3 Å². The standard InChI is InChI=1S/C32H36N4O3S/c1-5-6-13-32(14-15-32)20-38-28-12-11-26-29(34-28)40-30-33-25(19-36(26)30)22-9-7-21(8-10-22)16-24(37)17-23-18-27(39-35-23)31(2,3)4/h7-12,18-19H,5-6,13-17,20H2,1-4H3. The molecule has 0 unspecified atom stereocenters. The van der Waals surface area contributed by atoms with Crippen molar-refractivity contribution in [1.29, 1.82) is 0 Å². The molecule has 8 heteroatoms. The minimum Gasteiger partial charge on any atom is -0.477 e. The molecule has 0 bridgehead atoms. The lowest BCUT2D eigenvalue weighted by Gasteiger charge is -2.15. The largest absolute Gasteiger partial charge is 0.477 e. The maximum Gasteiger partial charge on any atom is 0.214 e. The summed E-state index contributed by atoms with van der Waals surface area (Å²) in [4.78, 5) is 24.1. The first-order chi connectivity index (χ1) is 19.2. The average Bonchev–Trinajstić information content (AvgIpc) is 3.21. The molecule has 1 aromatic carbocycles. The zero-order chi connectivity index (χ0) is 27.9. The molecule has 0 aliphatic heterocycles. The van der Waals surface area contributed by atoms with Gasteiger partial charge in [-0.3, -0.25) is 9.20 Å². The Kier molecular flexibility index (Phi) is 6.98. The van der Waals surface area contributed by atoms with Crippen molar-refractivity contribution in [1.82, 2.24) is 19.5 Å². The Balaban J connectivity index is 1.10. The highest BCUT2D eigenvalue weighted by Crippen LogP contribution is 2.50. The lowest BCUT2D eigenvalue weighted by molar-refractivity contribution is -0.117. The maximum atomic E-state index is 12.7. The molecule has 0 saturated heterocycles. The highest BCUT2D eigenvalue weighted by atomic mass is 32.1. The zero-order valence-corrected chi connectivity index (χ0v) is 24.5. The molecular formula is C32H36N4O3S. The van der Waals surface area contributed by atoms with E-state index < -0.39 is 0 Å². The highest BCUT2D eigenvalue weighted by molar-refractivity contribution is 7.23. The van der Waals surface area contributed by atoms with Crippen LogP contribution < -0.4 is 4.74 Å². The van der Waals surface area contributed by atoms with E-state index >= 15 is 0 Å². The molecule has 4 heterocycles. The number of fused-ring (bicyclic) bond motifs is 3. The molecule has 40 heavy (non-hydrogen) atoms. The van der Waals surface area contributed by atoms with Crippen molar-refractivity contribution in [3.05, 3.63) is 65.7 Å². The van der Waals surface area contributed by atoms with Crippen LogP contribution in [0.5, 0.6) is 5.88 Å². The van der Waals surface area contributed by atoms with Crippen molar-refractivity contribution in [3.8, 4) is 17.1 Å². The van der Waals surface area contributed by atoms with E-state index in [1.54, 1.807) is 11.3 Å². The van der Waals surface area contributed by atoms with Gasteiger partial charge in [-0.25, -0.2) is 9.97 Å². The number of Topliss-reactive ketones (excluding diaryl/α,β-unsaturated/α-hetero) is 1. The Morgan fingerprint density at radius 1 is 1.10 bits per heavy atom. The van der Waals surface area contributed by atoms with Gasteiger partial charge >= 0.3 is 0 Å². The van der Waals surface area contributed by atoms with Gasteiger partial charge in [0.25, 0.3) is 0 Å². The third-order valence-electron chi connectivity index (χ3n) is 7.81. The quantitative estimate of drug-likeness (QED) is 0.167. The van der Waals surface area contributed by atoms with Gasteiger partial charge in [-0.05, 0) is 30.9 Å². The highest BCUT2D eigenvalue weighted by Gasteiger charge is 2.42. The fourth-order valence-electron chi connectivity index (χ4n) is 5.04. The molecule has 0 N–H and O–H groups in total. The smallest absolute Gasteiger partial charge is 0.214 e. The van der Waals surface area contributed by atoms with Gasteiger partial charge < -0.3 is 9.26 Å². The summed E-state index contributed by atoms with van der Waals surface area (Å²) < 4.78 is 13.6. The predicted molar refractivity (Wildman–Crippen MR) is 158 cm³/mol. The Labute approximate surface area is 238 Å². The van der Waals surface area contributed by atoms with E-state index in [1.807, 2.05) is 36.4 Å². The van der Waals surface area contributed by atoms with Gasteiger partial charge in [0, 0.05) is 41.1 Å². The van der Waals surface area contributed by atoms with E-state index in [1.165, 1.54) is 32.1 Å². The number of benzene rings is 1. The number of thiazole rings is 1. The number of rotatable bonds is 11. The molecule has 0 spiro atoms. The number of aromatic nitrogens is 4. The molecule has 1 aliphatic carbocycles. The van der Waals surface area contributed by atoms with Crippen molar-refractivity contribution >= 4 is 32.4 Å². The monoisotopic (exact) mass is 556 g/mol. The SMILES string of the molecule is CCCCC1(COc2ccc3c(n2)sc2nc(-c4ccc(CC(=O)Cc5cc(C(C)(C)C)on5)cc4)cn23)CC1. The van der Waals surface area contributed by atoms with Gasteiger partial charge in [-0.1, -0.05) is 81.3 Å². The first kappa shape index (κ1) is 26.7. The van der Waals surface area contributed by atoms with Crippen molar-refractivity contribution in [2.45, 2.75) is 78.1 Å².